The quantitative estimate of drug-likeness (QED) is 0.623. The lowest BCUT2D eigenvalue weighted by Crippen LogP contribution is -2.06. The van der Waals surface area contributed by atoms with Gasteiger partial charge in [-0.1, -0.05) is 18.2 Å². The monoisotopic (exact) mass is 167 g/mol. The van der Waals surface area contributed by atoms with Gasteiger partial charge in [0.1, 0.15) is 5.75 Å². The minimum Gasteiger partial charge on any atom is -0.508 e. The van der Waals surface area contributed by atoms with Crippen LogP contribution in [0, 0.1) is 0 Å². The third-order valence-corrected chi connectivity index (χ3v) is 1.74. The minimum atomic E-state index is -0.656. The number of rotatable bonds is 3. The fourth-order valence-corrected chi connectivity index (χ4v) is 1.08. The first-order valence-corrected chi connectivity index (χ1v) is 3.91. The Kier molecular flexibility index (Phi) is 3.08. The molecule has 0 saturated heterocycles. The number of hydrogen-bond acceptors (Lipinski definition) is 3. The van der Waals surface area contributed by atoms with Crippen molar-refractivity contribution in [2.75, 3.05) is 6.54 Å². The van der Waals surface area contributed by atoms with E-state index in [1.807, 2.05) is 0 Å². The smallest absolute Gasteiger partial charge is 0.121 e. The van der Waals surface area contributed by atoms with Gasteiger partial charge in [-0.25, -0.2) is 0 Å². The zero-order chi connectivity index (χ0) is 8.97. The Balaban J connectivity index is 2.79. The molecule has 0 heterocycles. The van der Waals surface area contributed by atoms with Crippen LogP contribution in [0.25, 0.3) is 0 Å². The molecule has 0 aliphatic heterocycles. The lowest BCUT2D eigenvalue weighted by Gasteiger charge is -2.10. The second kappa shape index (κ2) is 4.09. The zero-order valence-corrected chi connectivity index (χ0v) is 6.77. The Bertz CT molecular complexity index is 250. The van der Waals surface area contributed by atoms with Crippen LogP contribution in [0.3, 0.4) is 0 Å². The summed E-state index contributed by atoms with van der Waals surface area (Å²) >= 11 is 0. The molecular formula is C9H13NO2. The van der Waals surface area contributed by atoms with Crippen molar-refractivity contribution < 1.29 is 10.2 Å². The van der Waals surface area contributed by atoms with Crippen molar-refractivity contribution in [3.63, 3.8) is 0 Å². The van der Waals surface area contributed by atoms with Crippen LogP contribution >= 0.6 is 0 Å². The molecule has 0 aliphatic carbocycles. The van der Waals surface area contributed by atoms with Crippen LogP contribution in [0.15, 0.2) is 24.3 Å². The van der Waals surface area contributed by atoms with Crippen LogP contribution in [-0.4, -0.2) is 16.8 Å². The maximum Gasteiger partial charge on any atom is 0.121 e. The van der Waals surface area contributed by atoms with Crippen molar-refractivity contribution in [2.45, 2.75) is 12.5 Å². The van der Waals surface area contributed by atoms with E-state index in [1.165, 1.54) is 0 Å². The zero-order valence-electron chi connectivity index (χ0n) is 6.77. The van der Waals surface area contributed by atoms with Crippen molar-refractivity contribution in [1.82, 2.24) is 0 Å². The van der Waals surface area contributed by atoms with Gasteiger partial charge < -0.3 is 15.9 Å². The molecule has 0 bridgehead atoms. The maximum atomic E-state index is 9.46. The highest BCUT2D eigenvalue weighted by atomic mass is 16.3. The molecule has 1 atom stereocenters. The topological polar surface area (TPSA) is 66.5 Å². The molecule has 0 saturated carbocycles. The molecule has 0 spiro atoms. The summed E-state index contributed by atoms with van der Waals surface area (Å²) in [5.74, 6) is 0.124. The van der Waals surface area contributed by atoms with Crippen molar-refractivity contribution in [3.05, 3.63) is 29.8 Å². The van der Waals surface area contributed by atoms with Gasteiger partial charge in [0, 0.05) is 5.56 Å². The second-order valence-electron chi connectivity index (χ2n) is 2.65. The first-order valence-electron chi connectivity index (χ1n) is 3.91. The van der Waals surface area contributed by atoms with Crippen LogP contribution in [-0.2, 0) is 0 Å². The summed E-state index contributed by atoms with van der Waals surface area (Å²) in [7, 11) is 0. The first-order chi connectivity index (χ1) is 5.75. The molecule has 1 aromatic rings. The molecule has 3 heteroatoms. The number of phenolic OH excluding ortho intramolecular Hbond substituents is 1. The van der Waals surface area contributed by atoms with E-state index in [1.54, 1.807) is 24.3 Å². The van der Waals surface area contributed by atoms with Crippen molar-refractivity contribution in [3.8, 4) is 5.75 Å². The molecule has 0 amide bonds. The molecule has 0 fully saturated rings. The maximum absolute atomic E-state index is 9.46. The van der Waals surface area contributed by atoms with Crippen LogP contribution in [0.4, 0.5) is 0 Å². The lowest BCUT2D eigenvalue weighted by atomic mass is 10.1. The number of benzene rings is 1. The van der Waals surface area contributed by atoms with E-state index < -0.39 is 6.10 Å². The number of nitrogens with two attached hydrogens (primary N) is 1. The molecule has 1 rings (SSSR count). The van der Waals surface area contributed by atoms with Crippen LogP contribution in [0.1, 0.15) is 18.1 Å². The number of para-hydroxylation sites is 1. The SMILES string of the molecule is NCC[C@@H](O)c1ccccc1O. The molecule has 12 heavy (non-hydrogen) atoms. The lowest BCUT2D eigenvalue weighted by molar-refractivity contribution is 0.166. The summed E-state index contributed by atoms with van der Waals surface area (Å²) in [6.07, 6.45) is -0.186. The molecule has 3 nitrogen and oxygen atoms in total. The summed E-state index contributed by atoms with van der Waals surface area (Å²) in [6.45, 7) is 0.412. The van der Waals surface area contributed by atoms with Crippen LogP contribution < -0.4 is 5.73 Å². The van der Waals surface area contributed by atoms with E-state index in [0.717, 1.165) is 0 Å². The average Bonchev–Trinajstić information content (AvgIpc) is 2.05. The number of aliphatic hydroxyl groups is 1. The van der Waals surface area contributed by atoms with E-state index in [2.05, 4.69) is 0 Å². The van der Waals surface area contributed by atoms with Gasteiger partial charge in [0.2, 0.25) is 0 Å². The molecule has 1 aromatic carbocycles. The molecule has 66 valence electrons. The summed E-state index contributed by atoms with van der Waals surface area (Å²) in [4.78, 5) is 0. The molecular weight excluding hydrogens is 154 g/mol. The van der Waals surface area contributed by atoms with Gasteiger partial charge in [0.15, 0.2) is 0 Å². The van der Waals surface area contributed by atoms with Gasteiger partial charge in [0.05, 0.1) is 6.10 Å². The third kappa shape index (κ3) is 1.96. The molecule has 0 aromatic heterocycles. The Morgan fingerprint density at radius 1 is 1.33 bits per heavy atom. The van der Waals surface area contributed by atoms with E-state index in [0.29, 0.717) is 18.5 Å². The van der Waals surface area contributed by atoms with Crippen LogP contribution in [0.2, 0.25) is 0 Å². The molecule has 0 unspecified atom stereocenters. The predicted molar refractivity (Wildman–Crippen MR) is 46.7 cm³/mol. The van der Waals surface area contributed by atoms with Crippen molar-refractivity contribution in [2.24, 2.45) is 5.73 Å². The number of aliphatic hydroxyl groups excluding tert-OH is 1. The van der Waals surface area contributed by atoms with Gasteiger partial charge in [-0.05, 0) is 19.0 Å². The van der Waals surface area contributed by atoms with Gasteiger partial charge >= 0.3 is 0 Å². The molecule has 4 N–H and O–H groups in total. The standard InChI is InChI=1S/C9H13NO2/c10-6-5-9(12)7-3-1-2-4-8(7)11/h1-4,9,11-12H,5-6,10H2/t9-/m1/s1. The van der Waals surface area contributed by atoms with Gasteiger partial charge in [0.25, 0.3) is 0 Å². The minimum absolute atomic E-state index is 0.124. The van der Waals surface area contributed by atoms with Crippen molar-refractivity contribution in [1.29, 1.82) is 0 Å². The summed E-state index contributed by atoms with van der Waals surface area (Å²) in [5, 5.41) is 18.8. The van der Waals surface area contributed by atoms with E-state index in [4.69, 9.17) is 5.73 Å². The summed E-state index contributed by atoms with van der Waals surface area (Å²) in [5.41, 5.74) is 5.82. The fraction of sp³-hybridized carbons (Fsp3) is 0.333. The van der Waals surface area contributed by atoms with Gasteiger partial charge in [-0.2, -0.15) is 0 Å². The van der Waals surface area contributed by atoms with Crippen molar-refractivity contribution >= 4 is 0 Å². The highest BCUT2D eigenvalue weighted by Crippen LogP contribution is 2.24. The predicted octanol–water partition coefficient (Wildman–Crippen LogP) is 0.774. The van der Waals surface area contributed by atoms with E-state index in [9.17, 15) is 10.2 Å². The molecule has 0 aliphatic rings. The number of phenols is 1. The Hall–Kier alpha value is -1.06. The Morgan fingerprint density at radius 2 is 2.00 bits per heavy atom. The Labute approximate surface area is 71.5 Å². The fourth-order valence-electron chi connectivity index (χ4n) is 1.08. The van der Waals surface area contributed by atoms with Gasteiger partial charge in [-0.15, -0.1) is 0 Å². The highest BCUT2D eigenvalue weighted by molar-refractivity contribution is 5.33. The third-order valence-electron chi connectivity index (χ3n) is 1.74. The molecule has 0 radical (unpaired) electrons. The first kappa shape index (κ1) is 9.03. The van der Waals surface area contributed by atoms with E-state index in [-0.39, 0.29) is 5.75 Å². The average molecular weight is 167 g/mol. The number of aromatic hydroxyl groups is 1. The highest BCUT2D eigenvalue weighted by Gasteiger charge is 2.09. The number of hydrogen-bond donors (Lipinski definition) is 3. The van der Waals surface area contributed by atoms with E-state index >= 15 is 0 Å². The largest absolute Gasteiger partial charge is 0.508 e. The summed E-state index contributed by atoms with van der Waals surface area (Å²) in [6, 6.07) is 6.73. The second-order valence-corrected chi connectivity index (χ2v) is 2.65. The van der Waals surface area contributed by atoms with Gasteiger partial charge in [-0.3, -0.25) is 0 Å². The Morgan fingerprint density at radius 3 is 2.58 bits per heavy atom. The normalized spacial score (nSPS) is 12.8. The summed E-state index contributed by atoms with van der Waals surface area (Å²) < 4.78 is 0. The van der Waals surface area contributed by atoms with Crippen LogP contribution in [0.5, 0.6) is 5.75 Å².